The Morgan fingerprint density at radius 2 is 1.73 bits per heavy atom. The summed E-state index contributed by atoms with van der Waals surface area (Å²) in [5.41, 5.74) is 4.90. The predicted octanol–water partition coefficient (Wildman–Crippen LogP) is 3.26. The number of benzene rings is 2. The molecule has 0 saturated heterocycles. The van der Waals surface area contributed by atoms with Crippen LogP contribution in [0.25, 0.3) is 11.1 Å². The van der Waals surface area contributed by atoms with Gasteiger partial charge in [0.25, 0.3) is 0 Å². The van der Waals surface area contributed by atoms with Crippen LogP contribution in [0.4, 0.5) is 5.69 Å². The lowest BCUT2D eigenvalue weighted by atomic mass is 10.1. The molecular weight excluding hydrogens is 190 g/mol. The Hall–Kier alpha value is -2.00. The van der Waals surface area contributed by atoms with E-state index >= 15 is 0 Å². The first-order chi connectivity index (χ1) is 7.40. The standard InChI is InChI=1S/C12H9NO2/c14-13-10-7-6-9(11-12(10)15-11)8-4-2-1-3-5-8/h1-7,13-14H. The van der Waals surface area contributed by atoms with Crippen LogP contribution < -0.4 is 10.2 Å². The third-order valence-electron chi connectivity index (χ3n) is 2.48. The van der Waals surface area contributed by atoms with Crippen LogP contribution in [0.3, 0.4) is 0 Å². The summed E-state index contributed by atoms with van der Waals surface area (Å²) in [5.74, 6) is 1.58. The molecular formula is C12H9NO2. The first kappa shape index (κ1) is 8.32. The minimum Gasteiger partial charge on any atom is -0.446 e. The number of hydrogen-bond acceptors (Lipinski definition) is 3. The van der Waals surface area contributed by atoms with Crippen molar-refractivity contribution < 1.29 is 9.94 Å². The molecule has 0 aromatic heterocycles. The molecule has 0 aliphatic carbocycles. The van der Waals surface area contributed by atoms with Crippen molar-refractivity contribution >= 4 is 5.69 Å². The largest absolute Gasteiger partial charge is 0.446 e. The molecule has 2 aromatic rings. The SMILES string of the molecule is ONc1ccc(-c2ccccc2)c2c1O2. The Bertz CT molecular complexity index is 509. The minimum absolute atomic E-state index is 0.615. The maximum atomic E-state index is 8.78. The average molecular weight is 199 g/mol. The topological polar surface area (TPSA) is 44.8 Å². The van der Waals surface area contributed by atoms with Crippen molar-refractivity contribution in [2.75, 3.05) is 5.48 Å². The first-order valence-corrected chi connectivity index (χ1v) is 4.70. The Balaban J connectivity index is 2.10. The summed E-state index contributed by atoms with van der Waals surface area (Å²) in [4.78, 5) is 0. The van der Waals surface area contributed by atoms with E-state index in [0.29, 0.717) is 5.69 Å². The van der Waals surface area contributed by atoms with Crippen molar-refractivity contribution in [3.63, 3.8) is 0 Å². The van der Waals surface area contributed by atoms with Gasteiger partial charge in [0.05, 0.1) is 0 Å². The lowest BCUT2D eigenvalue weighted by Crippen LogP contribution is -1.85. The van der Waals surface area contributed by atoms with Gasteiger partial charge in [-0.2, -0.15) is 0 Å². The maximum absolute atomic E-state index is 8.78. The van der Waals surface area contributed by atoms with Crippen molar-refractivity contribution in [2.45, 2.75) is 0 Å². The van der Waals surface area contributed by atoms with E-state index in [2.05, 4.69) is 5.48 Å². The van der Waals surface area contributed by atoms with E-state index in [4.69, 9.17) is 9.94 Å². The van der Waals surface area contributed by atoms with E-state index in [-0.39, 0.29) is 0 Å². The van der Waals surface area contributed by atoms with Crippen molar-refractivity contribution in [1.29, 1.82) is 0 Å². The maximum Gasteiger partial charge on any atom is 0.196 e. The number of fused-ring (bicyclic) bond motifs is 1. The third-order valence-corrected chi connectivity index (χ3v) is 2.48. The molecule has 0 amide bonds. The lowest BCUT2D eigenvalue weighted by molar-refractivity contribution is 0.388. The number of hydrogen-bond donors (Lipinski definition) is 2. The first-order valence-electron chi connectivity index (χ1n) is 4.70. The normalized spacial score (nSPS) is 11.5. The average Bonchev–Trinajstić information content (AvgIpc) is 3.08. The molecule has 0 unspecified atom stereocenters. The van der Waals surface area contributed by atoms with Gasteiger partial charge in [-0.25, -0.2) is 0 Å². The van der Waals surface area contributed by atoms with Crippen LogP contribution in [0.5, 0.6) is 11.5 Å². The third kappa shape index (κ3) is 1.25. The lowest BCUT2D eigenvalue weighted by Gasteiger charge is -1.98. The van der Waals surface area contributed by atoms with Gasteiger partial charge in [0, 0.05) is 5.56 Å². The highest BCUT2D eigenvalue weighted by atomic mass is 16.6. The molecule has 1 aliphatic heterocycles. The Kier molecular flexibility index (Phi) is 1.66. The number of rotatable bonds is 2. The van der Waals surface area contributed by atoms with E-state index in [1.165, 1.54) is 0 Å². The van der Waals surface area contributed by atoms with E-state index in [9.17, 15) is 0 Å². The highest BCUT2D eigenvalue weighted by Gasteiger charge is 2.29. The second-order valence-corrected chi connectivity index (χ2v) is 3.40. The van der Waals surface area contributed by atoms with E-state index in [1.54, 1.807) is 6.07 Å². The van der Waals surface area contributed by atoms with E-state index in [1.807, 2.05) is 36.4 Å². The van der Waals surface area contributed by atoms with Crippen molar-refractivity contribution in [3.8, 4) is 22.6 Å². The summed E-state index contributed by atoms with van der Waals surface area (Å²) >= 11 is 0. The van der Waals surface area contributed by atoms with E-state index in [0.717, 1.165) is 22.6 Å². The molecule has 0 atom stereocenters. The second-order valence-electron chi connectivity index (χ2n) is 3.40. The van der Waals surface area contributed by atoms with Gasteiger partial charge in [-0.15, -0.1) is 0 Å². The van der Waals surface area contributed by atoms with Gasteiger partial charge < -0.3 is 4.74 Å². The molecule has 1 heterocycles. The number of ether oxygens (including phenoxy) is 1. The zero-order chi connectivity index (χ0) is 10.3. The van der Waals surface area contributed by atoms with E-state index < -0.39 is 0 Å². The van der Waals surface area contributed by atoms with Gasteiger partial charge >= 0.3 is 0 Å². The van der Waals surface area contributed by atoms with Crippen LogP contribution in [0.15, 0.2) is 42.5 Å². The van der Waals surface area contributed by atoms with Crippen LogP contribution in [0.1, 0.15) is 0 Å². The summed E-state index contributed by atoms with van der Waals surface area (Å²) in [6.07, 6.45) is 0. The van der Waals surface area contributed by atoms with Gasteiger partial charge in [-0.05, 0) is 17.7 Å². The molecule has 0 saturated carbocycles. The molecule has 0 bridgehead atoms. The van der Waals surface area contributed by atoms with Crippen LogP contribution >= 0.6 is 0 Å². The minimum atomic E-state index is 0.615. The van der Waals surface area contributed by atoms with Gasteiger partial charge in [0.15, 0.2) is 11.5 Å². The van der Waals surface area contributed by atoms with Crippen molar-refractivity contribution in [3.05, 3.63) is 42.5 Å². The fraction of sp³-hybridized carbons (Fsp3) is 0. The van der Waals surface area contributed by atoms with Crippen LogP contribution in [0.2, 0.25) is 0 Å². The van der Waals surface area contributed by atoms with Gasteiger partial charge in [-0.1, -0.05) is 30.3 Å². The molecule has 15 heavy (non-hydrogen) atoms. The van der Waals surface area contributed by atoms with Gasteiger partial charge in [0.1, 0.15) is 5.69 Å². The molecule has 0 fully saturated rings. The Morgan fingerprint density at radius 1 is 0.933 bits per heavy atom. The molecule has 3 rings (SSSR count). The predicted molar refractivity (Wildman–Crippen MR) is 57.4 cm³/mol. The fourth-order valence-corrected chi connectivity index (χ4v) is 1.68. The van der Waals surface area contributed by atoms with Crippen molar-refractivity contribution in [2.24, 2.45) is 0 Å². The monoisotopic (exact) mass is 199 g/mol. The molecule has 74 valence electrons. The highest BCUT2D eigenvalue weighted by molar-refractivity contribution is 5.86. The summed E-state index contributed by atoms with van der Waals surface area (Å²) in [5, 5.41) is 8.78. The molecule has 1 aliphatic rings. The summed E-state index contributed by atoms with van der Waals surface area (Å²) in [6, 6.07) is 13.7. The highest BCUT2D eigenvalue weighted by Crippen LogP contribution is 2.56. The Labute approximate surface area is 86.9 Å². The quantitative estimate of drug-likeness (QED) is 0.491. The van der Waals surface area contributed by atoms with Gasteiger partial charge in [-0.3, -0.25) is 10.7 Å². The number of nitrogens with one attached hydrogen (secondary N) is 1. The number of anilines is 1. The summed E-state index contributed by atoms with van der Waals surface area (Å²) in [6.45, 7) is 0. The van der Waals surface area contributed by atoms with Crippen LogP contribution in [-0.4, -0.2) is 5.21 Å². The zero-order valence-electron chi connectivity index (χ0n) is 7.90. The van der Waals surface area contributed by atoms with Crippen LogP contribution in [0, 0.1) is 0 Å². The fourth-order valence-electron chi connectivity index (χ4n) is 1.68. The summed E-state index contributed by atoms with van der Waals surface area (Å²) in [7, 11) is 0. The second kappa shape index (κ2) is 3.00. The van der Waals surface area contributed by atoms with Crippen LogP contribution in [-0.2, 0) is 0 Å². The molecule has 3 nitrogen and oxygen atoms in total. The van der Waals surface area contributed by atoms with Crippen molar-refractivity contribution in [1.82, 2.24) is 0 Å². The molecule has 2 N–H and O–H groups in total. The zero-order valence-corrected chi connectivity index (χ0v) is 7.90. The smallest absolute Gasteiger partial charge is 0.196 e. The molecule has 2 aromatic carbocycles. The molecule has 0 radical (unpaired) electrons. The summed E-state index contributed by atoms with van der Waals surface area (Å²) < 4.78 is 5.32. The Morgan fingerprint density at radius 3 is 2.47 bits per heavy atom. The molecule has 3 heteroatoms. The molecule has 0 spiro atoms. The van der Waals surface area contributed by atoms with Gasteiger partial charge in [0.2, 0.25) is 0 Å².